The van der Waals surface area contributed by atoms with Gasteiger partial charge in [0, 0.05) is 24.7 Å². The number of aromatic nitrogens is 1. The van der Waals surface area contributed by atoms with Gasteiger partial charge in [0.15, 0.2) is 0 Å². The Kier molecular flexibility index (Phi) is 5.07. The van der Waals surface area contributed by atoms with Gasteiger partial charge in [0.25, 0.3) is 5.91 Å². The number of pyridine rings is 1. The minimum atomic E-state index is -0.107. The van der Waals surface area contributed by atoms with Crippen LogP contribution in [0.2, 0.25) is 0 Å². The van der Waals surface area contributed by atoms with E-state index >= 15 is 0 Å². The first-order valence-electron chi connectivity index (χ1n) is 7.01. The molecule has 0 saturated heterocycles. The fraction of sp³-hybridized carbons (Fsp3) is 0.375. The van der Waals surface area contributed by atoms with Crippen molar-refractivity contribution in [2.75, 3.05) is 19.7 Å². The van der Waals surface area contributed by atoms with E-state index in [0.29, 0.717) is 18.8 Å². The topological polar surface area (TPSA) is 53.4 Å². The molecule has 1 aromatic heterocycles. The lowest BCUT2D eigenvalue weighted by Crippen LogP contribution is -2.35. The van der Waals surface area contributed by atoms with Crippen LogP contribution in [0.4, 0.5) is 0 Å². The molecule has 106 valence electrons. The molecule has 0 aliphatic heterocycles. The standard InChI is InChI=1S/C16H20N2O2/c1-2-3-10-18(11-12-19)16(20)15-14-7-5-4-6-13(14)8-9-17-15/h4-9,19H,2-3,10-12H2,1H3. The molecule has 0 fully saturated rings. The molecule has 0 radical (unpaired) electrons. The van der Waals surface area contributed by atoms with Crippen molar-refractivity contribution in [1.82, 2.24) is 9.88 Å². The molecule has 20 heavy (non-hydrogen) atoms. The molecule has 0 aliphatic carbocycles. The predicted molar refractivity (Wildman–Crippen MR) is 79.6 cm³/mol. The van der Waals surface area contributed by atoms with E-state index in [0.717, 1.165) is 23.6 Å². The van der Waals surface area contributed by atoms with E-state index in [1.807, 2.05) is 30.3 Å². The molecule has 0 spiro atoms. The van der Waals surface area contributed by atoms with Crippen molar-refractivity contribution in [3.63, 3.8) is 0 Å². The van der Waals surface area contributed by atoms with Crippen molar-refractivity contribution in [2.45, 2.75) is 19.8 Å². The highest BCUT2D eigenvalue weighted by Crippen LogP contribution is 2.18. The number of nitrogens with zero attached hydrogens (tertiary/aromatic N) is 2. The van der Waals surface area contributed by atoms with Crippen molar-refractivity contribution >= 4 is 16.7 Å². The van der Waals surface area contributed by atoms with Crippen LogP contribution in [0.3, 0.4) is 0 Å². The molecule has 1 heterocycles. The van der Waals surface area contributed by atoms with Gasteiger partial charge in [0.2, 0.25) is 0 Å². The molecule has 4 nitrogen and oxygen atoms in total. The monoisotopic (exact) mass is 272 g/mol. The molecule has 2 rings (SSSR count). The second-order valence-electron chi connectivity index (χ2n) is 4.75. The van der Waals surface area contributed by atoms with Crippen LogP contribution in [0.5, 0.6) is 0 Å². The van der Waals surface area contributed by atoms with Crippen molar-refractivity contribution in [1.29, 1.82) is 0 Å². The zero-order chi connectivity index (χ0) is 14.4. The third-order valence-corrected chi connectivity index (χ3v) is 3.31. The Morgan fingerprint density at radius 1 is 1.25 bits per heavy atom. The first kappa shape index (κ1) is 14.5. The zero-order valence-electron chi connectivity index (χ0n) is 11.7. The number of fused-ring (bicyclic) bond motifs is 1. The first-order chi connectivity index (χ1) is 9.77. The molecule has 0 unspecified atom stereocenters. The first-order valence-corrected chi connectivity index (χ1v) is 7.01. The van der Waals surface area contributed by atoms with Crippen LogP contribution in [0.1, 0.15) is 30.3 Å². The average molecular weight is 272 g/mol. The van der Waals surface area contributed by atoms with Crippen molar-refractivity contribution in [3.8, 4) is 0 Å². The Morgan fingerprint density at radius 2 is 2.05 bits per heavy atom. The number of aliphatic hydroxyl groups excluding tert-OH is 1. The molecule has 4 heteroatoms. The minimum Gasteiger partial charge on any atom is -0.395 e. The SMILES string of the molecule is CCCCN(CCO)C(=O)c1nccc2ccccc12. The van der Waals surface area contributed by atoms with Crippen LogP contribution in [0, 0.1) is 0 Å². The Hall–Kier alpha value is -1.94. The lowest BCUT2D eigenvalue weighted by molar-refractivity contribution is 0.0715. The van der Waals surface area contributed by atoms with E-state index in [1.54, 1.807) is 11.1 Å². The van der Waals surface area contributed by atoms with E-state index in [1.165, 1.54) is 0 Å². The molecule has 0 atom stereocenters. The number of aliphatic hydroxyl groups is 1. The Labute approximate surface area is 119 Å². The van der Waals surface area contributed by atoms with Gasteiger partial charge < -0.3 is 10.0 Å². The number of unbranched alkanes of at least 4 members (excludes halogenated alkanes) is 1. The summed E-state index contributed by atoms with van der Waals surface area (Å²) in [5.41, 5.74) is 0.465. The summed E-state index contributed by atoms with van der Waals surface area (Å²) in [6.45, 7) is 3.06. The number of carbonyl (C=O) groups is 1. The molecule has 0 saturated carbocycles. The van der Waals surface area contributed by atoms with Gasteiger partial charge in [-0.25, -0.2) is 0 Å². The highest BCUT2D eigenvalue weighted by Gasteiger charge is 2.18. The maximum Gasteiger partial charge on any atom is 0.273 e. The molecule has 0 bridgehead atoms. The number of benzene rings is 1. The Bertz CT molecular complexity index is 578. The van der Waals surface area contributed by atoms with Crippen molar-refractivity contribution < 1.29 is 9.90 Å². The fourth-order valence-electron chi connectivity index (χ4n) is 2.22. The molecular formula is C16H20N2O2. The Balaban J connectivity index is 2.33. The normalized spacial score (nSPS) is 10.7. The number of amides is 1. The van der Waals surface area contributed by atoms with Crippen LogP contribution in [-0.2, 0) is 0 Å². The number of hydrogen-bond donors (Lipinski definition) is 1. The molecule has 1 N–H and O–H groups in total. The van der Waals surface area contributed by atoms with Crippen LogP contribution < -0.4 is 0 Å². The van der Waals surface area contributed by atoms with Gasteiger partial charge in [-0.05, 0) is 17.9 Å². The Morgan fingerprint density at radius 3 is 2.80 bits per heavy atom. The van der Waals surface area contributed by atoms with Gasteiger partial charge in [-0.1, -0.05) is 37.6 Å². The highest BCUT2D eigenvalue weighted by molar-refractivity contribution is 6.05. The van der Waals surface area contributed by atoms with Gasteiger partial charge in [0.1, 0.15) is 5.69 Å². The third-order valence-electron chi connectivity index (χ3n) is 3.31. The van der Waals surface area contributed by atoms with Crippen LogP contribution in [0.25, 0.3) is 10.8 Å². The maximum absolute atomic E-state index is 12.6. The molecule has 0 aliphatic rings. The van der Waals surface area contributed by atoms with Crippen LogP contribution in [-0.4, -0.2) is 40.6 Å². The van der Waals surface area contributed by atoms with Crippen LogP contribution in [0.15, 0.2) is 36.5 Å². The van der Waals surface area contributed by atoms with E-state index in [2.05, 4.69) is 11.9 Å². The quantitative estimate of drug-likeness (QED) is 0.879. The van der Waals surface area contributed by atoms with Crippen LogP contribution >= 0.6 is 0 Å². The lowest BCUT2D eigenvalue weighted by Gasteiger charge is -2.21. The molecule has 2 aromatic rings. The summed E-state index contributed by atoms with van der Waals surface area (Å²) < 4.78 is 0. The second kappa shape index (κ2) is 7.01. The number of carbonyl (C=O) groups excluding carboxylic acids is 1. The van der Waals surface area contributed by atoms with Crippen molar-refractivity contribution in [3.05, 3.63) is 42.2 Å². The third kappa shape index (κ3) is 3.14. The van der Waals surface area contributed by atoms with Gasteiger partial charge in [-0.3, -0.25) is 9.78 Å². The van der Waals surface area contributed by atoms with Gasteiger partial charge >= 0.3 is 0 Å². The van der Waals surface area contributed by atoms with Crippen molar-refractivity contribution in [2.24, 2.45) is 0 Å². The summed E-state index contributed by atoms with van der Waals surface area (Å²) >= 11 is 0. The largest absolute Gasteiger partial charge is 0.395 e. The summed E-state index contributed by atoms with van der Waals surface area (Å²) in [4.78, 5) is 18.5. The minimum absolute atomic E-state index is 0.0276. The maximum atomic E-state index is 12.6. The summed E-state index contributed by atoms with van der Waals surface area (Å²) in [6, 6.07) is 9.62. The summed E-state index contributed by atoms with van der Waals surface area (Å²) in [6.07, 6.45) is 3.60. The summed E-state index contributed by atoms with van der Waals surface area (Å²) in [7, 11) is 0. The number of hydrogen-bond acceptors (Lipinski definition) is 3. The predicted octanol–water partition coefficient (Wildman–Crippen LogP) is 2.47. The van der Waals surface area contributed by atoms with Gasteiger partial charge in [0.05, 0.1) is 6.61 Å². The van der Waals surface area contributed by atoms with E-state index < -0.39 is 0 Å². The zero-order valence-corrected chi connectivity index (χ0v) is 11.7. The highest BCUT2D eigenvalue weighted by atomic mass is 16.3. The molecule has 1 aromatic carbocycles. The van der Waals surface area contributed by atoms with E-state index in [-0.39, 0.29) is 12.5 Å². The lowest BCUT2D eigenvalue weighted by atomic mass is 10.1. The number of rotatable bonds is 6. The second-order valence-corrected chi connectivity index (χ2v) is 4.75. The molecular weight excluding hydrogens is 252 g/mol. The summed E-state index contributed by atoms with van der Waals surface area (Å²) in [5.74, 6) is -0.107. The van der Waals surface area contributed by atoms with Gasteiger partial charge in [-0.2, -0.15) is 0 Å². The fourth-order valence-corrected chi connectivity index (χ4v) is 2.22. The van der Waals surface area contributed by atoms with E-state index in [9.17, 15) is 4.79 Å². The van der Waals surface area contributed by atoms with E-state index in [4.69, 9.17) is 5.11 Å². The smallest absolute Gasteiger partial charge is 0.273 e. The summed E-state index contributed by atoms with van der Waals surface area (Å²) in [5, 5.41) is 11.0. The average Bonchev–Trinajstić information content (AvgIpc) is 2.50. The van der Waals surface area contributed by atoms with Gasteiger partial charge in [-0.15, -0.1) is 0 Å². The molecule has 1 amide bonds.